The minimum atomic E-state index is -1.23. The lowest BCUT2D eigenvalue weighted by molar-refractivity contribution is 0.0697. The first kappa shape index (κ1) is 21.3. The molecule has 0 bridgehead atoms. The Hall–Kier alpha value is -3.93. The van der Waals surface area contributed by atoms with Gasteiger partial charge in [0, 0.05) is 22.4 Å². The summed E-state index contributed by atoms with van der Waals surface area (Å²) in [6, 6.07) is 16.2. The number of aryl methyl sites for hydroxylation is 1. The van der Waals surface area contributed by atoms with E-state index >= 15 is 0 Å². The van der Waals surface area contributed by atoms with E-state index < -0.39 is 17.8 Å². The summed E-state index contributed by atoms with van der Waals surface area (Å²) in [5.74, 6) is -1.37. The van der Waals surface area contributed by atoms with Gasteiger partial charge in [-0.3, -0.25) is 4.79 Å². The van der Waals surface area contributed by atoms with Crippen molar-refractivity contribution in [2.24, 2.45) is 0 Å². The molecule has 0 spiro atoms. The SMILES string of the molecule is Cc1cc([C@@H](C)Nc2ccc(F)cc2C(=O)O)c2oc(-c3ccccc3)c(C)c(=O)c2c1. The van der Waals surface area contributed by atoms with Crippen LogP contribution >= 0.6 is 0 Å². The van der Waals surface area contributed by atoms with Gasteiger partial charge in [-0.15, -0.1) is 0 Å². The average molecular weight is 431 g/mol. The van der Waals surface area contributed by atoms with Crippen LogP contribution in [0.4, 0.5) is 10.1 Å². The van der Waals surface area contributed by atoms with Gasteiger partial charge >= 0.3 is 5.97 Å². The van der Waals surface area contributed by atoms with E-state index in [-0.39, 0.29) is 16.7 Å². The van der Waals surface area contributed by atoms with E-state index in [0.717, 1.165) is 17.2 Å². The van der Waals surface area contributed by atoms with E-state index in [1.54, 1.807) is 13.0 Å². The molecule has 0 aliphatic rings. The van der Waals surface area contributed by atoms with Crippen LogP contribution in [0.3, 0.4) is 0 Å². The summed E-state index contributed by atoms with van der Waals surface area (Å²) < 4.78 is 19.9. The van der Waals surface area contributed by atoms with Crippen molar-refractivity contribution in [2.45, 2.75) is 26.8 Å². The molecule has 0 saturated carbocycles. The molecule has 4 aromatic rings. The number of benzene rings is 3. The first-order valence-corrected chi connectivity index (χ1v) is 10.2. The fraction of sp³-hybridized carbons (Fsp3) is 0.154. The number of carbonyl (C=O) groups is 1. The summed E-state index contributed by atoms with van der Waals surface area (Å²) in [6.45, 7) is 5.47. The molecule has 2 N–H and O–H groups in total. The molecular weight excluding hydrogens is 409 g/mol. The van der Waals surface area contributed by atoms with Crippen molar-refractivity contribution < 1.29 is 18.7 Å². The Morgan fingerprint density at radius 1 is 1.06 bits per heavy atom. The van der Waals surface area contributed by atoms with E-state index in [9.17, 15) is 19.1 Å². The van der Waals surface area contributed by atoms with Crippen LogP contribution in [0, 0.1) is 19.7 Å². The molecule has 0 aliphatic carbocycles. The monoisotopic (exact) mass is 431 g/mol. The van der Waals surface area contributed by atoms with Gasteiger partial charge in [-0.2, -0.15) is 0 Å². The van der Waals surface area contributed by atoms with Crippen molar-refractivity contribution in [1.82, 2.24) is 0 Å². The van der Waals surface area contributed by atoms with Crippen LogP contribution in [0.25, 0.3) is 22.3 Å². The largest absolute Gasteiger partial charge is 0.478 e. The maximum atomic E-state index is 13.6. The zero-order chi connectivity index (χ0) is 23.0. The quantitative estimate of drug-likeness (QED) is 0.400. The standard InChI is InChI=1S/C26H22FNO4/c1-14-11-19(16(3)28-22-10-9-18(27)13-20(22)26(30)31)25-21(12-14)23(29)15(2)24(32-25)17-7-5-4-6-8-17/h4-13,16,28H,1-3H3,(H,30,31)/t16-/m1/s1. The highest BCUT2D eigenvalue weighted by atomic mass is 19.1. The van der Waals surface area contributed by atoms with Gasteiger partial charge in [-0.25, -0.2) is 9.18 Å². The molecule has 3 aromatic carbocycles. The van der Waals surface area contributed by atoms with Crippen molar-refractivity contribution in [3.05, 3.63) is 99.0 Å². The van der Waals surface area contributed by atoms with Gasteiger partial charge < -0.3 is 14.8 Å². The number of anilines is 1. The number of fused-ring (bicyclic) bond motifs is 1. The van der Waals surface area contributed by atoms with E-state index in [1.165, 1.54) is 12.1 Å². The molecule has 162 valence electrons. The summed E-state index contributed by atoms with van der Waals surface area (Å²) in [6.07, 6.45) is 0. The summed E-state index contributed by atoms with van der Waals surface area (Å²) >= 11 is 0. The van der Waals surface area contributed by atoms with E-state index in [0.29, 0.717) is 27.9 Å². The molecule has 1 aromatic heterocycles. The maximum Gasteiger partial charge on any atom is 0.337 e. The topological polar surface area (TPSA) is 79.5 Å². The van der Waals surface area contributed by atoms with E-state index in [1.807, 2.05) is 50.2 Å². The fourth-order valence-corrected chi connectivity index (χ4v) is 3.88. The number of hydrogen-bond donors (Lipinski definition) is 2. The minimum Gasteiger partial charge on any atom is -0.478 e. The van der Waals surface area contributed by atoms with Crippen LogP contribution in [-0.4, -0.2) is 11.1 Å². The summed E-state index contributed by atoms with van der Waals surface area (Å²) in [4.78, 5) is 24.8. The van der Waals surface area contributed by atoms with Gasteiger partial charge in [0.15, 0.2) is 5.43 Å². The summed E-state index contributed by atoms with van der Waals surface area (Å²) in [7, 11) is 0. The molecule has 4 rings (SSSR count). The molecule has 32 heavy (non-hydrogen) atoms. The number of carboxylic acid groups (broad SMARTS) is 1. The number of aromatic carboxylic acids is 1. The van der Waals surface area contributed by atoms with Crippen LogP contribution in [0.1, 0.15) is 40.0 Å². The highest BCUT2D eigenvalue weighted by Crippen LogP contribution is 2.32. The number of nitrogens with one attached hydrogen (secondary N) is 1. The normalized spacial score (nSPS) is 12.0. The van der Waals surface area contributed by atoms with Crippen LogP contribution in [0.15, 0.2) is 69.9 Å². The van der Waals surface area contributed by atoms with E-state index in [4.69, 9.17) is 4.42 Å². The van der Waals surface area contributed by atoms with Gasteiger partial charge in [0.2, 0.25) is 0 Å². The van der Waals surface area contributed by atoms with Crippen molar-refractivity contribution in [3.8, 4) is 11.3 Å². The molecule has 0 fully saturated rings. The Balaban J connectivity index is 1.88. The predicted octanol–water partition coefficient (Wildman–Crippen LogP) is 6.09. The summed E-state index contributed by atoms with van der Waals surface area (Å²) in [5, 5.41) is 13.1. The Morgan fingerprint density at radius 3 is 2.47 bits per heavy atom. The molecule has 0 radical (unpaired) electrons. The molecule has 1 atom stereocenters. The molecule has 5 nitrogen and oxygen atoms in total. The fourth-order valence-electron chi connectivity index (χ4n) is 3.88. The summed E-state index contributed by atoms with van der Waals surface area (Å²) in [5.41, 5.74) is 3.32. The first-order chi connectivity index (χ1) is 15.3. The molecule has 0 unspecified atom stereocenters. The van der Waals surface area contributed by atoms with Crippen LogP contribution in [0.2, 0.25) is 0 Å². The maximum absolute atomic E-state index is 13.6. The Bertz CT molecular complexity index is 1390. The lowest BCUT2D eigenvalue weighted by Crippen LogP contribution is -2.14. The minimum absolute atomic E-state index is 0.115. The lowest BCUT2D eigenvalue weighted by Gasteiger charge is -2.20. The molecule has 1 heterocycles. The van der Waals surface area contributed by atoms with Gasteiger partial charge in [0.1, 0.15) is 17.2 Å². The number of hydrogen-bond acceptors (Lipinski definition) is 4. The van der Waals surface area contributed by atoms with Crippen LogP contribution in [0.5, 0.6) is 0 Å². The third-order valence-corrected chi connectivity index (χ3v) is 5.48. The van der Waals surface area contributed by atoms with Gasteiger partial charge in [-0.05, 0) is 50.6 Å². The Labute approximate surface area is 184 Å². The Kier molecular flexibility index (Phi) is 5.53. The van der Waals surface area contributed by atoms with Gasteiger partial charge in [0.25, 0.3) is 0 Å². The number of halogens is 1. The highest BCUT2D eigenvalue weighted by Gasteiger charge is 2.20. The second-order valence-corrected chi connectivity index (χ2v) is 7.84. The number of rotatable bonds is 5. The highest BCUT2D eigenvalue weighted by molar-refractivity contribution is 5.94. The Morgan fingerprint density at radius 2 is 1.78 bits per heavy atom. The van der Waals surface area contributed by atoms with Crippen molar-refractivity contribution in [1.29, 1.82) is 0 Å². The molecule has 0 saturated heterocycles. The van der Waals surface area contributed by atoms with Crippen molar-refractivity contribution >= 4 is 22.6 Å². The molecule has 6 heteroatoms. The van der Waals surface area contributed by atoms with Crippen LogP contribution in [-0.2, 0) is 0 Å². The third kappa shape index (κ3) is 3.87. The van der Waals surface area contributed by atoms with Crippen molar-refractivity contribution in [2.75, 3.05) is 5.32 Å². The third-order valence-electron chi connectivity index (χ3n) is 5.48. The molecule has 0 amide bonds. The van der Waals surface area contributed by atoms with E-state index in [2.05, 4.69) is 5.32 Å². The van der Waals surface area contributed by atoms with Crippen LogP contribution < -0.4 is 10.7 Å². The zero-order valence-corrected chi connectivity index (χ0v) is 17.9. The van der Waals surface area contributed by atoms with Crippen molar-refractivity contribution in [3.63, 3.8) is 0 Å². The lowest BCUT2D eigenvalue weighted by atomic mass is 9.98. The average Bonchev–Trinajstić information content (AvgIpc) is 2.77. The smallest absolute Gasteiger partial charge is 0.337 e. The van der Waals surface area contributed by atoms with Gasteiger partial charge in [-0.1, -0.05) is 36.4 Å². The molecule has 0 aliphatic heterocycles. The molecular formula is C26H22FNO4. The predicted molar refractivity (Wildman–Crippen MR) is 123 cm³/mol. The van der Waals surface area contributed by atoms with Gasteiger partial charge in [0.05, 0.1) is 17.0 Å². The zero-order valence-electron chi connectivity index (χ0n) is 17.9. The first-order valence-electron chi connectivity index (χ1n) is 10.2. The second-order valence-electron chi connectivity index (χ2n) is 7.84. The number of carboxylic acids is 1. The second kappa shape index (κ2) is 8.30.